The predicted molar refractivity (Wildman–Crippen MR) is 133 cm³/mol. The summed E-state index contributed by atoms with van der Waals surface area (Å²) in [6.07, 6.45) is 3.75. The molecule has 0 aliphatic carbocycles. The van der Waals surface area contributed by atoms with Crippen LogP contribution in [0.25, 0.3) is 0 Å². The molecule has 1 aromatic carbocycles. The number of hydrogen-bond donors (Lipinski definition) is 2. The van der Waals surface area contributed by atoms with Crippen LogP contribution in [0.3, 0.4) is 0 Å². The van der Waals surface area contributed by atoms with Crippen molar-refractivity contribution in [2.75, 3.05) is 58.3 Å². The number of aliphatic imine (C=N–C) groups is 1. The van der Waals surface area contributed by atoms with E-state index in [1.807, 2.05) is 25.2 Å². The molecule has 0 saturated carbocycles. The van der Waals surface area contributed by atoms with Crippen LogP contribution >= 0.6 is 35.6 Å². The molecule has 2 N–H and O–H groups in total. The molecule has 0 amide bonds. The number of ether oxygens (including phenoxy) is 1. The van der Waals surface area contributed by atoms with Crippen molar-refractivity contribution in [2.45, 2.75) is 32.2 Å². The average molecular weight is 536 g/mol. The number of nitrogens with one attached hydrogen (secondary N) is 2. The third kappa shape index (κ3) is 7.07. The maximum absolute atomic E-state index is 6.20. The summed E-state index contributed by atoms with van der Waals surface area (Å²) >= 11 is 6.20. The normalized spacial score (nSPS) is 21.0. The highest BCUT2D eigenvalue weighted by Crippen LogP contribution is 2.33. The van der Waals surface area contributed by atoms with Crippen LogP contribution in [0, 0.1) is 5.92 Å². The van der Waals surface area contributed by atoms with Crippen molar-refractivity contribution in [3.8, 4) is 5.75 Å². The van der Waals surface area contributed by atoms with E-state index >= 15 is 0 Å². The van der Waals surface area contributed by atoms with Gasteiger partial charge in [0, 0.05) is 44.3 Å². The van der Waals surface area contributed by atoms with Crippen molar-refractivity contribution in [1.82, 2.24) is 15.5 Å². The summed E-state index contributed by atoms with van der Waals surface area (Å²) in [5.41, 5.74) is 1.06. The Kier molecular flexibility index (Phi) is 10.1. The molecular weight excluding hydrogens is 501 g/mol. The number of guanidine groups is 1. The van der Waals surface area contributed by atoms with Crippen molar-refractivity contribution < 1.29 is 4.74 Å². The first-order chi connectivity index (χ1) is 13.6. The van der Waals surface area contributed by atoms with E-state index < -0.39 is 0 Å². The summed E-state index contributed by atoms with van der Waals surface area (Å²) in [6, 6.07) is 6.13. The SMILES string of the molecule is CN=C(NCC(C)CN1CCCC1)NC1CCN(c2cc(Cl)ccc2OC)C1.I. The van der Waals surface area contributed by atoms with Gasteiger partial charge in [-0.05, 0) is 56.5 Å². The summed E-state index contributed by atoms with van der Waals surface area (Å²) in [4.78, 5) is 9.31. The highest BCUT2D eigenvalue weighted by molar-refractivity contribution is 14.0. The molecule has 0 bridgehead atoms. The van der Waals surface area contributed by atoms with Crippen LogP contribution in [0.4, 0.5) is 5.69 Å². The van der Waals surface area contributed by atoms with Crippen molar-refractivity contribution in [2.24, 2.45) is 10.9 Å². The van der Waals surface area contributed by atoms with Crippen molar-refractivity contribution in [3.63, 3.8) is 0 Å². The van der Waals surface area contributed by atoms with Gasteiger partial charge < -0.3 is 25.2 Å². The lowest BCUT2D eigenvalue weighted by Gasteiger charge is -2.24. The zero-order valence-electron chi connectivity index (χ0n) is 17.8. The van der Waals surface area contributed by atoms with E-state index in [0.717, 1.165) is 55.0 Å². The Bertz CT molecular complexity index is 668. The number of rotatable bonds is 7. The topological polar surface area (TPSA) is 52.1 Å². The first kappa shape index (κ1) is 24.3. The monoisotopic (exact) mass is 535 g/mol. The number of methoxy groups -OCH3 is 1. The van der Waals surface area contributed by atoms with Crippen LogP contribution in [0.1, 0.15) is 26.2 Å². The third-order valence-corrected chi connectivity index (χ3v) is 5.86. The van der Waals surface area contributed by atoms with Crippen LogP contribution < -0.4 is 20.3 Å². The van der Waals surface area contributed by atoms with Crippen molar-refractivity contribution in [1.29, 1.82) is 0 Å². The zero-order chi connectivity index (χ0) is 19.9. The Morgan fingerprint density at radius 1 is 1.31 bits per heavy atom. The van der Waals surface area contributed by atoms with Crippen LogP contribution in [0.5, 0.6) is 5.75 Å². The zero-order valence-corrected chi connectivity index (χ0v) is 20.9. The number of halogens is 2. The lowest BCUT2D eigenvalue weighted by molar-refractivity contribution is 0.287. The second-order valence-corrected chi connectivity index (χ2v) is 8.39. The standard InChI is InChI=1S/C21H34ClN5O.HI/c1-16(14-26-9-4-5-10-26)13-24-21(23-2)25-18-8-11-27(15-18)19-12-17(22)6-7-20(19)28-3;/h6-7,12,16,18H,4-5,8-11,13-15H2,1-3H3,(H2,23,24,25);1H. The predicted octanol–water partition coefficient (Wildman–Crippen LogP) is 3.44. The van der Waals surface area contributed by atoms with Gasteiger partial charge in [-0.1, -0.05) is 18.5 Å². The Morgan fingerprint density at radius 2 is 2.07 bits per heavy atom. The fraction of sp³-hybridized carbons (Fsp3) is 0.667. The number of hydrogen-bond acceptors (Lipinski definition) is 4. The molecule has 2 atom stereocenters. The smallest absolute Gasteiger partial charge is 0.191 e. The molecule has 164 valence electrons. The van der Waals surface area contributed by atoms with Gasteiger partial charge in [-0.3, -0.25) is 4.99 Å². The summed E-state index contributed by atoms with van der Waals surface area (Å²) in [5.74, 6) is 2.36. The minimum atomic E-state index is 0. The average Bonchev–Trinajstić information content (AvgIpc) is 3.37. The maximum atomic E-state index is 6.20. The highest BCUT2D eigenvalue weighted by atomic mass is 127. The van der Waals surface area contributed by atoms with Crippen molar-refractivity contribution in [3.05, 3.63) is 23.2 Å². The van der Waals surface area contributed by atoms with E-state index in [2.05, 4.69) is 32.3 Å². The van der Waals surface area contributed by atoms with Gasteiger partial charge in [0.15, 0.2) is 5.96 Å². The van der Waals surface area contributed by atoms with Gasteiger partial charge in [-0.25, -0.2) is 0 Å². The second-order valence-electron chi connectivity index (χ2n) is 7.96. The highest BCUT2D eigenvalue weighted by Gasteiger charge is 2.25. The molecule has 0 spiro atoms. The lowest BCUT2D eigenvalue weighted by Crippen LogP contribution is -2.46. The first-order valence-electron chi connectivity index (χ1n) is 10.4. The molecule has 2 heterocycles. The Balaban J connectivity index is 0.00000300. The van der Waals surface area contributed by atoms with Crippen molar-refractivity contribution >= 4 is 47.2 Å². The van der Waals surface area contributed by atoms with Gasteiger partial charge in [0.1, 0.15) is 5.75 Å². The van der Waals surface area contributed by atoms with Crippen LogP contribution in [-0.2, 0) is 0 Å². The minimum absolute atomic E-state index is 0. The maximum Gasteiger partial charge on any atom is 0.191 e. The van der Waals surface area contributed by atoms with Gasteiger partial charge in [-0.2, -0.15) is 0 Å². The van der Waals surface area contributed by atoms with E-state index in [4.69, 9.17) is 16.3 Å². The molecule has 2 aliphatic heterocycles. The molecule has 2 unspecified atom stereocenters. The molecule has 0 radical (unpaired) electrons. The number of likely N-dealkylation sites (tertiary alicyclic amines) is 1. The first-order valence-corrected chi connectivity index (χ1v) is 10.7. The van der Waals surface area contributed by atoms with Crippen LogP contribution in [0.15, 0.2) is 23.2 Å². The second kappa shape index (κ2) is 12.1. The molecule has 1 aromatic rings. The quantitative estimate of drug-likeness (QED) is 0.318. The summed E-state index contributed by atoms with van der Waals surface area (Å²) in [6.45, 7) is 8.79. The molecule has 2 fully saturated rings. The van der Waals surface area contributed by atoms with Gasteiger partial charge in [-0.15, -0.1) is 24.0 Å². The third-order valence-electron chi connectivity index (χ3n) is 5.62. The summed E-state index contributed by atoms with van der Waals surface area (Å²) < 4.78 is 5.51. The van der Waals surface area contributed by atoms with Gasteiger partial charge >= 0.3 is 0 Å². The fourth-order valence-corrected chi connectivity index (χ4v) is 4.30. The van der Waals surface area contributed by atoms with E-state index in [1.54, 1.807) is 7.11 Å². The molecule has 3 rings (SSSR count). The number of nitrogens with zero attached hydrogens (tertiary/aromatic N) is 3. The molecule has 0 aromatic heterocycles. The Labute approximate surface area is 197 Å². The Morgan fingerprint density at radius 3 is 2.76 bits per heavy atom. The summed E-state index contributed by atoms with van der Waals surface area (Å²) in [7, 11) is 3.54. The van der Waals surface area contributed by atoms with Crippen LogP contribution in [0.2, 0.25) is 5.02 Å². The largest absolute Gasteiger partial charge is 0.495 e. The van der Waals surface area contributed by atoms with E-state index in [1.165, 1.54) is 25.9 Å². The lowest BCUT2D eigenvalue weighted by atomic mass is 10.1. The molecule has 29 heavy (non-hydrogen) atoms. The number of benzene rings is 1. The fourth-order valence-electron chi connectivity index (χ4n) is 4.14. The minimum Gasteiger partial charge on any atom is -0.495 e. The van der Waals surface area contributed by atoms with Gasteiger partial charge in [0.2, 0.25) is 0 Å². The number of anilines is 1. The molecule has 6 nitrogen and oxygen atoms in total. The van der Waals surface area contributed by atoms with E-state index in [-0.39, 0.29) is 24.0 Å². The van der Waals surface area contributed by atoms with Gasteiger partial charge in [0.25, 0.3) is 0 Å². The van der Waals surface area contributed by atoms with E-state index in [9.17, 15) is 0 Å². The van der Waals surface area contributed by atoms with E-state index in [0.29, 0.717) is 12.0 Å². The van der Waals surface area contributed by atoms with Crippen LogP contribution in [-0.4, -0.2) is 70.3 Å². The molecule has 8 heteroatoms. The Hall–Kier alpha value is -0.930. The summed E-state index contributed by atoms with van der Waals surface area (Å²) in [5, 5.41) is 7.81. The molecular formula is C21H35ClIN5O. The molecule has 2 saturated heterocycles. The molecule has 2 aliphatic rings. The van der Waals surface area contributed by atoms with Gasteiger partial charge in [0.05, 0.1) is 12.8 Å².